The average Bonchev–Trinajstić information content (AvgIpc) is 3.47. The van der Waals surface area contributed by atoms with Gasteiger partial charge in [-0.3, -0.25) is 9.36 Å². The van der Waals surface area contributed by atoms with Gasteiger partial charge in [-0.2, -0.15) is 0 Å². The van der Waals surface area contributed by atoms with Gasteiger partial charge < -0.3 is 14.8 Å². The van der Waals surface area contributed by atoms with E-state index in [1.165, 1.54) is 11.8 Å². The summed E-state index contributed by atoms with van der Waals surface area (Å²) in [6, 6.07) is 21.5. The van der Waals surface area contributed by atoms with Crippen LogP contribution < -0.4 is 14.8 Å². The fourth-order valence-corrected chi connectivity index (χ4v) is 4.33. The topological polar surface area (TPSA) is 78.3 Å². The molecule has 0 atom stereocenters. The monoisotopic (exact) mass is 458 g/mol. The molecule has 0 aliphatic carbocycles. The number of hydrogen-bond donors (Lipinski definition) is 1. The first kappa shape index (κ1) is 21.1. The fourth-order valence-electron chi connectivity index (χ4n) is 3.58. The van der Waals surface area contributed by atoms with E-state index in [0.29, 0.717) is 22.5 Å². The van der Waals surface area contributed by atoms with E-state index in [9.17, 15) is 4.79 Å². The van der Waals surface area contributed by atoms with Crippen LogP contribution >= 0.6 is 11.8 Å². The molecular weight excluding hydrogens is 436 g/mol. The highest BCUT2D eigenvalue weighted by molar-refractivity contribution is 7.99. The predicted octanol–water partition coefficient (Wildman–Crippen LogP) is 5.01. The van der Waals surface area contributed by atoms with Crippen molar-refractivity contribution >= 4 is 23.4 Å². The largest absolute Gasteiger partial charge is 0.454 e. The SMILES string of the molecule is Cc1ccc(C)c(NC(=O)CSc2nnc(-c3ccc4c(c3)OCO4)n2-c2ccccc2)c1. The van der Waals surface area contributed by atoms with Crippen molar-refractivity contribution in [2.24, 2.45) is 0 Å². The quantitative estimate of drug-likeness (QED) is 0.409. The second-order valence-electron chi connectivity index (χ2n) is 7.70. The second-order valence-corrected chi connectivity index (χ2v) is 8.64. The summed E-state index contributed by atoms with van der Waals surface area (Å²) in [7, 11) is 0. The fraction of sp³-hybridized carbons (Fsp3) is 0.160. The van der Waals surface area contributed by atoms with Crippen molar-refractivity contribution in [2.45, 2.75) is 19.0 Å². The lowest BCUT2D eigenvalue weighted by atomic mass is 10.1. The van der Waals surface area contributed by atoms with Crippen LogP contribution in [-0.4, -0.2) is 33.2 Å². The van der Waals surface area contributed by atoms with Crippen molar-refractivity contribution in [3.63, 3.8) is 0 Å². The van der Waals surface area contributed by atoms with Gasteiger partial charge >= 0.3 is 0 Å². The van der Waals surface area contributed by atoms with Gasteiger partial charge in [0.1, 0.15) is 0 Å². The molecule has 7 nitrogen and oxygen atoms in total. The molecule has 4 aromatic rings. The number of amides is 1. The normalized spacial score (nSPS) is 12.1. The van der Waals surface area contributed by atoms with Crippen LogP contribution in [0.15, 0.2) is 71.9 Å². The Morgan fingerprint density at radius 3 is 2.67 bits per heavy atom. The van der Waals surface area contributed by atoms with Crippen molar-refractivity contribution in [3.8, 4) is 28.6 Å². The number of anilines is 1. The number of thioether (sulfide) groups is 1. The highest BCUT2D eigenvalue weighted by Crippen LogP contribution is 2.37. The number of fused-ring (bicyclic) bond motifs is 1. The van der Waals surface area contributed by atoms with Gasteiger partial charge in [-0.1, -0.05) is 42.1 Å². The Kier molecular flexibility index (Phi) is 5.75. The second kappa shape index (κ2) is 8.99. The average molecular weight is 459 g/mol. The number of nitrogens with zero attached hydrogens (tertiary/aromatic N) is 3. The van der Waals surface area contributed by atoms with Crippen molar-refractivity contribution < 1.29 is 14.3 Å². The maximum absolute atomic E-state index is 12.7. The third kappa shape index (κ3) is 4.42. The Balaban J connectivity index is 1.42. The summed E-state index contributed by atoms with van der Waals surface area (Å²) in [6.45, 7) is 4.19. The zero-order chi connectivity index (χ0) is 22.8. The summed E-state index contributed by atoms with van der Waals surface area (Å²) in [5.74, 6) is 2.16. The van der Waals surface area contributed by atoms with Gasteiger partial charge in [-0.25, -0.2) is 0 Å². The Bertz CT molecular complexity index is 1320. The molecule has 3 aromatic carbocycles. The van der Waals surface area contributed by atoms with E-state index >= 15 is 0 Å². The number of benzene rings is 3. The Labute approximate surface area is 195 Å². The molecule has 1 aliphatic heterocycles. The van der Waals surface area contributed by atoms with E-state index < -0.39 is 0 Å². The first-order valence-electron chi connectivity index (χ1n) is 10.5. The third-order valence-corrected chi connectivity index (χ3v) is 6.21. The molecule has 8 heteroatoms. The van der Waals surface area contributed by atoms with E-state index in [4.69, 9.17) is 9.47 Å². The molecule has 5 rings (SSSR count). The smallest absolute Gasteiger partial charge is 0.234 e. The van der Waals surface area contributed by atoms with Crippen LogP contribution in [0.4, 0.5) is 5.69 Å². The maximum atomic E-state index is 12.7. The zero-order valence-electron chi connectivity index (χ0n) is 18.2. The lowest BCUT2D eigenvalue weighted by Crippen LogP contribution is -2.15. The first-order chi connectivity index (χ1) is 16.1. The number of aryl methyl sites for hydroxylation is 2. The summed E-state index contributed by atoms with van der Waals surface area (Å²) < 4.78 is 12.9. The molecular formula is C25H22N4O3S. The molecule has 1 amide bonds. The van der Waals surface area contributed by atoms with E-state index in [0.717, 1.165) is 28.1 Å². The van der Waals surface area contributed by atoms with Gasteiger partial charge in [-0.05, 0) is 61.4 Å². The highest BCUT2D eigenvalue weighted by Gasteiger charge is 2.20. The predicted molar refractivity (Wildman–Crippen MR) is 128 cm³/mol. The Hall–Kier alpha value is -3.78. The molecule has 2 heterocycles. The molecule has 0 saturated carbocycles. The minimum Gasteiger partial charge on any atom is -0.454 e. The van der Waals surface area contributed by atoms with Gasteiger partial charge in [0.05, 0.1) is 5.75 Å². The molecule has 0 radical (unpaired) electrons. The number of carbonyl (C=O) groups excluding carboxylic acids is 1. The zero-order valence-corrected chi connectivity index (χ0v) is 19.1. The summed E-state index contributed by atoms with van der Waals surface area (Å²) in [5, 5.41) is 12.5. The van der Waals surface area contributed by atoms with Crippen molar-refractivity contribution in [1.29, 1.82) is 0 Å². The van der Waals surface area contributed by atoms with Crippen molar-refractivity contribution in [1.82, 2.24) is 14.8 Å². The third-order valence-electron chi connectivity index (χ3n) is 5.28. The van der Waals surface area contributed by atoms with Gasteiger partial charge in [0.2, 0.25) is 12.7 Å². The molecule has 0 unspecified atom stereocenters. The van der Waals surface area contributed by atoms with Gasteiger partial charge in [0.15, 0.2) is 22.5 Å². The number of para-hydroxylation sites is 1. The van der Waals surface area contributed by atoms with Crippen LogP contribution in [0.25, 0.3) is 17.1 Å². The Morgan fingerprint density at radius 1 is 1.00 bits per heavy atom. The van der Waals surface area contributed by atoms with Crippen molar-refractivity contribution in [2.75, 3.05) is 17.9 Å². The molecule has 0 saturated heterocycles. The lowest BCUT2D eigenvalue weighted by molar-refractivity contribution is -0.113. The highest BCUT2D eigenvalue weighted by atomic mass is 32.2. The van der Waals surface area contributed by atoms with Crippen molar-refractivity contribution in [3.05, 3.63) is 77.9 Å². The number of rotatable bonds is 6. The van der Waals surface area contributed by atoms with Crippen LogP contribution in [-0.2, 0) is 4.79 Å². The molecule has 0 bridgehead atoms. The van der Waals surface area contributed by atoms with Gasteiger partial charge in [0.25, 0.3) is 0 Å². The number of ether oxygens (including phenoxy) is 2. The number of carbonyl (C=O) groups is 1. The molecule has 166 valence electrons. The van der Waals surface area contributed by atoms with Crippen LogP contribution in [0.5, 0.6) is 11.5 Å². The number of aromatic nitrogens is 3. The van der Waals surface area contributed by atoms with Crippen LogP contribution in [0.3, 0.4) is 0 Å². The van der Waals surface area contributed by atoms with Gasteiger partial charge in [-0.15, -0.1) is 10.2 Å². The van der Waals surface area contributed by atoms with E-state index in [-0.39, 0.29) is 18.5 Å². The van der Waals surface area contributed by atoms with Crippen LogP contribution in [0.2, 0.25) is 0 Å². The first-order valence-corrected chi connectivity index (χ1v) is 11.5. The van der Waals surface area contributed by atoms with Crippen LogP contribution in [0.1, 0.15) is 11.1 Å². The Morgan fingerprint density at radius 2 is 1.82 bits per heavy atom. The van der Waals surface area contributed by atoms with Gasteiger partial charge in [0, 0.05) is 16.9 Å². The maximum Gasteiger partial charge on any atom is 0.234 e. The summed E-state index contributed by atoms with van der Waals surface area (Å²) >= 11 is 1.34. The summed E-state index contributed by atoms with van der Waals surface area (Å²) in [4.78, 5) is 12.7. The molecule has 1 N–H and O–H groups in total. The number of hydrogen-bond acceptors (Lipinski definition) is 6. The standard InChI is InChI=1S/C25H22N4O3S/c1-16-8-9-17(2)20(12-16)26-23(30)14-33-25-28-27-24(29(25)19-6-4-3-5-7-19)18-10-11-21-22(13-18)32-15-31-21/h3-13H,14-15H2,1-2H3,(H,26,30). The lowest BCUT2D eigenvalue weighted by Gasteiger charge is -2.11. The van der Waals surface area contributed by atoms with E-state index in [1.807, 2.05) is 85.1 Å². The molecule has 1 aromatic heterocycles. The minimum absolute atomic E-state index is 0.0964. The minimum atomic E-state index is -0.0964. The van der Waals surface area contributed by atoms with E-state index in [2.05, 4.69) is 15.5 Å². The van der Waals surface area contributed by atoms with E-state index in [1.54, 1.807) is 0 Å². The molecule has 0 fully saturated rings. The molecule has 1 aliphatic rings. The van der Waals surface area contributed by atoms with Crippen LogP contribution in [0, 0.1) is 13.8 Å². The number of nitrogens with one attached hydrogen (secondary N) is 1. The molecule has 0 spiro atoms. The summed E-state index contributed by atoms with van der Waals surface area (Å²) in [6.07, 6.45) is 0. The molecule has 33 heavy (non-hydrogen) atoms. The summed E-state index contributed by atoms with van der Waals surface area (Å²) in [5.41, 5.74) is 4.71.